The van der Waals surface area contributed by atoms with Gasteiger partial charge < -0.3 is 9.84 Å². The Kier molecular flexibility index (Phi) is 5.86. The van der Waals surface area contributed by atoms with Crippen molar-refractivity contribution in [2.75, 3.05) is 11.5 Å². The molecule has 0 aliphatic carbocycles. The first-order chi connectivity index (χ1) is 16.9. The van der Waals surface area contributed by atoms with Crippen molar-refractivity contribution in [1.29, 1.82) is 0 Å². The first-order valence-corrected chi connectivity index (χ1v) is 12.2. The van der Waals surface area contributed by atoms with Crippen molar-refractivity contribution in [3.8, 4) is 5.75 Å². The van der Waals surface area contributed by atoms with Gasteiger partial charge in [-0.05, 0) is 55.7 Å². The van der Waals surface area contributed by atoms with Crippen LogP contribution in [0.15, 0.2) is 72.3 Å². The van der Waals surface area contributed by atoms with E-state index in [2.05, 4.69) is 0 Å². The van der Waals surface area contributed by atoms with Crippen molar-refractivity contribution in [3.63, 3.8) is 0 Å². The molecule has 1 N–H and O–H groups in total. The van der Waals surface area contributed by atoms with Gasteiger partial charge in [-0.1, -0.05) is 59.9 Å². The van der Waals surface area contributed by atoms with Crippen LogP contribution >= 0.6 is 11.3 Å². The predicted octanol–water partition coefficient (Wildman–Crippen LogP) is 5.94. The van der Waals surface area contributed by atoms with E-state index >= 15 is 0 Å². The van der Waals surface area contributed by atoms with E-state index in [0.717, 1.165) is 21.3 Å². The van der Waals surface area contributed by atoms with Gasteiger partial charge in [0.2, 0.25) is 0 Å². The molecule has 176 valence electrons. The van der Waals surface area contributed by atoms with E-state index in [9.17, 15) is 14.7 Å². The van der Waals surface area contributed by atoms with E-state index in [4.69, 9.17) is 9.72 Å². The minimum absolute atomic E-state index is 0.0394. The second-order valence-electron chi connectivity index (χ2n) is 8.46. The molecule has 35 heavy (non-hydrogen) atoms. The van der Waals surface area contributed by atoms with Gasteiger partial charge in [0.05, 0.1) is 28.4 Å². The Morgan fingerprint density at radius 1 is 1.06 bits per heavy atom. The van der Waals surface area contributed by atoms with Crippen LogP contribution in [0.1, 0.15) is 35.2 Å². The lowest BCUT2D eigenvalue weighted by Crippen LogP contribution is -2.29. The van der Waals surface area contributed by atoms with Crippen LogP contribution in [0.5, 0.6) is 5.75 Å². The molecule has 1 amide bonds. The zero-order valence-corrected chi connectivity index (χ0v) is 20.4. The molecule has 5 rings (SSSR count). The molecule has 3 aromatic carbocycles. The number of carbonyl (C=O) groups excluding carboxylic acids is 2. The van der Waals surface area contributed by atoms with Crippen LogP contribution in [0.3, 0.4) is 0 Å². The molecule has 1 aliphatic rings. The van der Waals surface area contributed by atoms with E-state index in [-0.39, 0.29) is 11.3 Å². The summed E-state index contributed by atoms with van der Waals surface area (Å²) in [6.07, 6.45) is 0. The number of benzene rings is 3. The number of nitrogens with zero attached hydrogens (tertiary/aromatic N) is 2. The van der Waals surface area contributed by atoms with Crippen LogP contribution in [-0.2, 0) is 9.59 Å². The third-order valence-corrected chi connectivity index (χ3v) is 7.02. The van der Waals surface area contributed by atoms with Gasteiger partial charge in [0.25, 0.3) is 5.78 Å². The SMILES string of the molecule is CCOc1ccc([C@@H]2/C(=C(\O)c3ccccc3)C(=O)C(=O)N2c2nc3c(C)cc(C)cc3s2)cc1. The van der Waals surface area contributed by atoms with Crippen molar-refractivity contribution >= 4 is 44.1 Å². The molecule has 1 saturated heterocycles. The number of aliphatic hydroxyl groups is 1. The van der Waals surface area contributed by atoms with Crippen molar-refractivity contribution in [3.05, 3.63) is 94.6 Å². The third kappa shape index (κ3) is 3.98. The molecule has 2 heterocycles. The lowest BCUT2D eigenvalue weighted by Gasteiger charge is -2.23. The second-order valence-corrected chi connectivity index (χ2v) is 9.47. The van der Waals surface area contributed by atoms with Crippen LogP contribution in [0.4, 0.5) is 5.13 Å². The normalized spacial score (nSPS) is 17.3. The van der Waals surface area contributed by atoms with Crippen molar-refractivity contribution < 1.29 is 19.4 Å². The fourth-order valence-electron chi connectivity index (χ4n) is 4.47. The maximum absolute atomic E-state index is 13.4. The number of fused-ring (bicyclic) bond motifs is 1. The maximum Gasteiger partial charge on any atom is 0.301 e. The molecule has 0 radical (unpaired) electrons. The van der Waals surface area contributed by atoms with Gasteiger partial charge in [0.1, 0.15) is 11.5 Å². The van der Waals surface area contributed by atoms with E-state index in [0.29, 0.717) is 28.6 Å². The molecule has 4 aromatic rings. The number of ketones is 1. The highest BCUT2D eigenvalue weighted by atomic mass is 32.1. The molecule has 0 spiro atoms. The Labute approximate surface area is 207 Å². The zero-order valence-electron chi connectivity index (χ0n) is 19.6. The number of anilines is 1. The number of aryl methyl sites for hydroxylation is 2. The summed E-state index contributed by atoms with van der Waals surface area (Å²) in [5.74, 6) is -0.979. The monoisotopic (exact) mass is 484 g/mol. The van der Waals surface area contributed by atoms with Crippen LogP contribution in [-0.4, -0.2) is 28.4 Å². The van der Waals surface area contributed by atoms with Gasteiger partial charge in [-0.3, -0.25) is 14.5 Å². The molecule has 0 unspecified atom stereocenters. The summed E-state index contributed by atoms with van der Waals surface area (Å²) in [5.41, 5.74) is 4.08. The second kappa shape index (κ2) is 9.00. The maximum atomic E-state index is 13.4. The lowest BCUT2D eigenvalue weighted by molar-refractivity contribution is -0.132. The molecule has 0 bridgehead atoms. The number of hydrogen-bond acceptors (Lipinski definition) is 6. The van der Waals surface area contributed by atoms with Crippen LogP contribution in [0.2, 0.25) is 0 Å². The molecule has 1 aromatic heterocycles. The number of amides is 1. The van der Waals surface area contributed by atoms with Gasteiger partial charge >= 0.3 is 5.91 Å². The van der Waals surface area contributed by atoms with Gasteiger partial charge in [0.15, 0.2) is 5.13 Å². The Bertz CT molecular complexity index is 1470. The lowest BCUT2D eigenvalue weighted by atomic mass is 9.95. The average Bonchev–Trinajstić information content (AvgIpc) is 3.39. The number of aromatic nitrogens is 1. The summed E-state index contributed by atoms with van der Waals surface area (Å²) in [7, 11) is 0. The summed E-state index contributed by atoms with van der Waals surface area (Å²) in [5, 5.41) is 11.6. The Balaban J connectivity index is 1.71. The smallest absolute Gasteiger partial charge is 0.301 e. The fourth-order valence-corrected chi connectivity index (χ4v) is 5.64. The number of rotatable bonds is 5. The highest BCUT2D eigenvalue weighted by Crippen LogP contribution is 2.45. The van der Waals surface area contributed by atoms with Crippen LogP contribution < -0.4 is 9.64 Å². The topological polar surface area (TPSA) is 79.7 Å². The van der Waals surface area contributed by atoms with E-state index in [1.807, 2.05) is 51.1 Å². The largest absolute Gasteiger partial charge is 0.507 e. The molecule has 7 heteroatoms. The molecule has 1 fully saturated rings. The van der Waals surface area contributed by atoms with Crippen LogP contribution in [0.25, 0.3) is 16.0 Å². The minimum Gasteiger partial charge on any atom is -0.507 e. The highest BCUT2D eigenvalue weighted by molar-refractivity contribution is 7.22. The molecule has 6 nitrogen and oxygen atoms in total. The number of thiazole rings is 1. The first kappa shape index (κ1) is 22.8. The predicted molar refractivity (Wildman–Crippen MR) is 138 cm³/mol. The number of ether oxygens (including phenoxy) is 1. The van der Waals surface area contributed by atoms with Gasteiger partial charge in [0, 0.05) is 5.56 Å². The zero-order chi connectivity index (χ0) is 24.7. The number of aliphatic hydroxyl groups excluding tert-OH is 1. The quantitative estimate of drug-likeness (QED) is 0.215. The van der Waals surface area contributed by atoms with Crippen molar-refractivity contribution in [2.45, 2.75) is 26.8 Å². The number of carbonyl (C=O) groups is 2. The molecular formula is C28H24N2O4S. The summed E-state index contributed by atoms with van der Waals surface area (Å²) >= 11 is 1.36. The minimum atomic E-state index is -0.826. The van der Waals surface area contributed by atoms with E-state index in [1.165, 1.54) is 16.2 Å². The molecular weight excluding hydrogens is 460 g/mol. The van der Waals surface area contributed by atoms with Crippen molar-refractivity contribution in [1.82, 2.24) is 4.98 Å². The Morgan fingerprint density at radius 3 is 2.46 bits per heavy atom. The highest BCUT2D eigenvalue weighted by Gasteiger charge is 2.48. The van der Waals surface area contributed by atoms with E-state index < -0.39 is 17.7 Å². The van der Waals surface area contributed by atoms with Gasteiger partial charge in [-0.15, -0.1) is 0 Å². The summed E-state index contributed by atoms with van der Waals surface area (Å²) in [4.78, 5) is 32.9. The molecule has 1 atom stereocenters. The average molecular weight is 485 g/mol. The number of Topliss-reactive ketones (excluding diaryl/α,β-unsaturated/α-hetero) is 1. The van der Waals surface area contributed by atoms with Crippen molar-refractivity contribution in [2.24, 2.45) is 0 Å². The first-order valence-electron chi connectivity index (χ1n) is 11.4. The molecule has 1 aliphatic heterocycles. The van der Waals surface area contributed by atoms with Crippen LogP contribution in [0, 0.1) is 13.8 Å². The van der Waals surface area contributed by atoms with Gasteiger partial charge in [-0.2, -0.15) is 0 Å². The summed E-state index contributed by atoms with van der Waals surface area (Å²) in [6.45, 7) is 6.42. The fraction of sp³-hybridized carbons (Fsp3) is 0.179. The summed E-state index contributed by atoms with van der Waals surface area (Å²) in [6, 6.07) is 19.3. The summed E-state index contributed by atoms with van der Waals surface area (Å²) < 4.78 is 6.50. The Hall–Kier alpha value is -3.97. The molecule has 0 saturated carbocycles. The number of hydrogen-bond donors (Lipinski definition) is 1. The standard InChI is InChI=1S/C28H24N2O4S/c1-4-34-20-12-10-18(11-13-20)24-22(25(31)19-8-6-5-7-9-19)26(32)27(33)30(24)28-29-23-17(3)14-16(2)15-21(23)35-28/h5-15,24,31H,4H2,1-3H3/b25-22+/t24-/m1/s1. The Morgan fingerprint density at radius 2 is 1.77 bits per heavy atom. The van der Waals surface area contributed by atoms with Gasteiger partial charge in [-0.25, -0.2) is 4.98 Å². The third-order valence-electron chi connectivity index (χ3n) is 6.02. The van der Waals surface area contributed by atoms with E-state index in [1.54, 1.807) is 36.4 Å².